The van der Waals surface area contributed by atoms with Crippen LogP contribution < -0.4 is 10.5 Å². The quantitative estimate of drug-likeness (QED) is 0.719. The molecule has 0 heterocycles. The van der Waals surface area contributed by atoms with Crippen LogP contribution in [0.1, 0.15) is 26.2 Å². The largest absolute Gasteiger partial charge is 0.491 e. The lowest BCUT2D eigenvalue weighted by atomic mass is 9.93. The molecule has 1 unspecified atom stereocenters. The zero-order valence-electron chi connectivity index (χ0n) is 10.2. The molecule has 0 spiro atoms. The highest BCUT2D eigenvalue weighted by Crippen LogP contribution is 2.17. The third-order valence-electron chi connectivity index (χ3n) is 2.93. The lowest BCUT2D eigenvalue weighted by Crippen LogP contribution is -2.43. The normalized spacial score (nSPS) is 14.4. The van der Waals surface area contributed by atoms with Gasteiger partial charge in [-0.3, -0.25) is 0 Å². The standard InChI is InChI=1S/C13H20FNO2/c1-2-13(15,10-16)8-5-9-17-12-7-4-3-6-11(12)14/h3-4,6-7,16H,2,5,8-10,15H2,1H3. The van der Waals surface area contributed by atoms with E-state index in [0.29, 0.717) is 25.9 Å². The van der Waals surface area contributed by atoms with Crippen molar-refractivity contribution in [2.75, 3.05) is 13.2 Å². The summed E-state index contributed by atoms with van der Waals surface area (Å²) in [5.41, 5.74) is 5.38. The Morgan fingerprint density at radius 2 is 2.12 bits per heavy atom. The third-order valence-corrected chi connectivity index (χ3v) is 2.93. The van der Waals surface area contributed by atoms with E-state index in [-0.39, 0.29) is 18.2 Å². The van der Waals surface area contributed by atoms with E-state index in [4.69, 9.17) is 15.6 Å². The molecule has 0 fully saturated rings. The molecule has 1 rings (SSSR count). The van der Waals surface area contributed by atoms with E-state index in [0.717, 1.165) is 0 Å². The summed E-state index contributed by atoms with van der Waals surface area (Å²) in [6, 6.07) is 6.31. The Hall–Kier alpha value is -1.13. The molecule has 0 saturated heterocycles. The summed E-state index contributed by atoms with van der Waals surface area (Å²) in [6.07, 6.45) is 2.07. The second-order valence-corrected chi connectivity index (χ2v) is 4.26. The van der Waals surface area contributed by atoms with Crippen molar-refractivity contribution in [3.05, 3.63) is 30.1 Å². The molecule has 17 heavy (non-hydrogen) atoms. The summed E-state index contributed by atoms with van der Waals surface area (Å²) < 4.78 is 18.5. The first-order valence-electron chi connectivity index (χ1n) is 5.88. The molecule has 3 nitrogen and oxygen atoms in total. The summed E-state index contributed by atoms with van der Waals surface area (Å²) in [5.74, 6) is -0.0974. The van der Waals surface area contributed by atoms with Gasteiger partial charge in [-0.2, -0.15) is 0 Å². The van der Waals surface area contributed by atoms with Crippen LogP contribution in [0, 0.1) is 5.82 Å². The molecule has 0 aliphatic rings. The van der Waals surface area contributed by atoms with Gasteiger partial charge in [0.1, 0.15) is 0 Å². The Bertz CT molecular complexity index is 340. The average molecular weight is 241 g/mol. The first-order valence-corrected chi connectivity index (χ1v) is 5.88. The number of hydrogen-bond donors (Lipinski definition) is 2. The molecule has 1 aromatic carbocycles. The number of aliphatic hydroxyl groups is 1. The topological polar surface area (TPSA) is 55.5 Å². The molecule has 0 saturated carbocycles. The molecular weight excluding hydrogens is 221 g/mol. The third kappa shape index (κ3) is 4.32. The number of rotatable bonds is 7. The van der Waals surface area contributed by atoms with Gasteiger partial charge in [-0.05, 0) is 31.4 Å². The number of halogens is 1. The highest BCUT2D eigenvalue weighted by molar-refractivity contribution is 5.23. The summed E-state index contributed by atoms with van der Waals surface area (Å²) in [5, 5.41) is 9.12. The van der Waals surface area contributed by atoms with Gasteiger partial charge in [0.05, 0.1) is 13.2 Å². The number of nitrogens with two attached hydrogens (primary N) is 1. The van der Waals surface area contributed by atoms with Gasteiger partial charge in [-0.25, -0.2) is 4.39 Å². The monoisotopic (exact) mass is 241 g/mol. The SMILES string of the molecule is CCC(N)(CO)CCCOc1ccccc1F. The molecule has 3 N–H and O–H groups in total. The van der Waals surface area contributed by atoms with Crippen molar-refractivity contribution >= 4 is 0 Å². The fourth-order valence-electron chi connectivity index (χ4n) is 1.54. The average Bonchev–Trinajstić information content (AvgIpc) is 2.36. The Morgan fingerprint density at radius 1 is 1.41 bits per heavy atom. The maximum Gasteiger partial charge on any atom is 0.165 e. The molecule has 0 bridgehead atoms. The zero-order valence-corrected chi connectivity index (χ0v) is 10.2. The minimum atomic E-state index is -0.543. The molecule has 0 radical (unpaired) electrons. The van der Waals surface area contributed by atoms with E-state index in [9.17, 15) is 4.39 Å². The van der Waals surface area contributed by atoms with Gasteiger partial charge >= 0.3 is 0 Å². The van der Waals surface area contributed by atoms with Crippen LogP contribution in [0.4, 0.5) is 4.39 Å². The van der Waals surface area contributed by atoms with E-state index < -0.39 is 5.54 Å². The maximum atomic E-state index is 13.2. The van der Waals surface area contributed by atoms with E-state index in [1.807, 2.05) is 6.92 Å². The number of aliphatic hydroxyl groups excluding tert-OH is 1. The van der Waals surface area contributed by atoms with Crippen molar-refractivity contribution in [3.8, 4) is 5.75 Å². The number of benzene rings is 1. The minimum absolute atomic E-state index is 0.0385. The van der Waals surface area contributed by atoms with Gasteiger partial charge in [-0.1, -0.05) is 19.1 Å². The van der Waals surface area contributed by atoms with Crippen LogP contribution in [0.5, 0.6) is 5.75 Å². The lowest BCUT2D eigenvalue weighted by molar-refractivity contribution is 0.171. The van der Waals surface area contributed by atoms with Crippen LogP contribution in [0.2, 0.25) is 0 Å². The molecule has 0 aliphatic carbocycles. The summed E-state index contributed by atoms with van der Waals surface area (Å²) >= 11 is 0. The lowest BCUT2D eigenvalue weighted by Gasteiger charge is -2.25. The summed E-state index contributed by atoms with van der Waals surface area (Å²) in [4.78, 5) is 0. The van der Waals surface area contributed by atoms with Crippen LogP contribution in [-0.4, -0.2) is 23.9 Å². The predicted molar refractivity (Wildman–Crippen MR) is 65.4 cm³/mol. The highest BCUT2D eigenvalue weighted by atomic mass is 19.1. The Kier molecular flexibility index (Phi) is 5.38. The molecule has 96 valence electrons. The fourth-order valence-corrected chi connectivity index (χ4v) is 1.54. The van der Waals surface area contributed by atoms with Gasteiger partial charge in [0.2, 0.25) is 0 Å². The van der Waals surface area contributed by atoms with Crippen LogP contribution in [-0.2, 0) is 0 Å². The number of para-hydroxylation sites is 1. The molecule has 0 amide bonds. The van der Waals surface area contributed by atoms with Crippen LogP contribution in [0.25, 0.3) is 0 Å². The Morgan fingerprint density at radius 3 is 2.71 bits per heavy atom. The van der Waals surface area contributed by atoms with Crippen molar-refractivity contribution in [2.45, 2.75) is 31.7 Å². The van der Waals surface area contributed by atoms with Crippen LogP contribution in [0.15, 0.2) is 24.3 Å². The van der Waals surface area contributed by atoms with Crippen molar-refractivity contribution in [2.24, 2.45) is 5.73 Å². The molecule has 1 aromatic rings. The van der Waals surface area contributed by atoms with Gasteiger partial charge in [-0.15, -0.1) is 0 Å². The number of ether oxygens (including phenoxy) is 1. The maximum absolute atomic E-state index is 13.2. The molecule has 1 atom stereocenters. The van der Waals surface area contributed by atoms with Gasteiger partial charge < -0.3 is 15.6 Å². The smallest absolute Gasteiger partial charge is 0.165 e. The van der Waals surface area contributed by atoms with Crippen molar-refractivity contribution < 1.29 is 14.2 Å². The first-order chi connectivity index (χ1) is 8.11. The van der Waals surface area contributed by atoms with Gasteiger partial charge in [0.15, 0.2) is 11.6 Å². The van der Waals surface area contributed by atoms with E-state index in [1.165, 1.54) is 6.07 Å². The van der Waals surface area contributed by atoms with Crippen molar-refractivity contribution in [1.82, 2.24) is 0 Å². The van der Waals surface area contributed by atoms with E-state index >= 15 is 0 Å². The molecular formula is C13H20FNO2. The van der Waals surface area contributed by atoms with Crippen molar-refractivity contribution in [1.29, 1.82) is 0 Å². The van der Waals surface area contributed by atoms with Gasteiger partial charge in [0, 0.05) is 5.54 Å². The summed E-state index contributed by atoms with van der Waals surface area (Å²) in [6.45, 7) is 2.30. The highest BCUT2D eigenvalue weighted by Gasteiger charge is 2.20. The molecule has 4 heteroatoms. The van der Waals surface area contributed by atoms with E-state index in [2.05, 4.69) is 0 Å². The fraction of sp³-hybridized carbons (Fsp3) is 0.538. The summed E-state index contributed by atoms with van der Waals surface area (Å²) in [7, 11) is 0. The van der Waals surface area contributed by atoms with Crippen molar-refractivity contribution in [3.63, 3.8) is 0 Å². The predicted octanol–water partition coefficient (Wildman–Crippen LogP) is 2.08. The van der Waals surface area contributed by atoms with E-state index in [1.54, 1.807) is 18.2 Å². The molecule has 0 aliphatic heterocycles. The Labute approximate surface area is 101 Å². The van der Waals surface area contributed by atoms with Gasteiger partial charge in [0.25, 0.3) is 0 Å². The second-order valence-electron chi connectivity index (χ2n) is 4.26. The first kappa shape index (κ1) is 13.9. The van der Waals surface area contributed by atoms with Crippen LogP contribution in [0.3, 0.4) is 0 Å². The second kappa shape index (κ2) is 6.57. The van der Waals surface area contributed by atoms with Crippen LogP contribution >= 0.6 is 0 Å². The zero-order chi connectivity index (χ0) is 12.7. The Balaban J connectivity index is 2.32. The molecule has 0 aromatic heterocycles. The minimum Gasteiger partial charge on any atom is -0.491 e. The number of hydrogen-bond acceptors (Lipinski definition) is 3.